The number of hydrogen-bond acceptors (Lipinski definition) is 3. The molecule has 1 spiro atoms. The maximum atomic E-state index is 6.04. The number of hydrogen-bond donors (Lipinski definition) is 1. The van der Waals surface area contributed by atoms with E-state index in [2.05, 4.69) is 48.3 Å². The summed E-state index contributed by atoms with van der Waals surface area (Å²) >= 11 is 6.04. The third kappa shape index (κ3) is 5.71. The summed E-state index contributed by atoms with van der Waals surface area (Å²) in [4.78, 5) is 9.61. The van der Waals surface area contributed by atoms with Crippen molar-refractivity contribution in [1.82, 2.24) is 15.1 Å². The number of halogens is 2. The van der Waals surface area contributed by atoms with Gasteiger partial charge in [0.1, 0.15) is 0 Å². The largest absolute Gasteiger partial charge is 0.381 e. The number of ether oxygens (including phenoxy) is 1. The lowest BCUT2D eigenvalue weighted by atomic mass is 9.87. The summed E-state index contributed by atoms with van der Waals surface area (Å²) in [6, 6.07) is 8.32. The number of aliphatic imine (C=N–C) groups is 1. The molecule has 2 heterocycles. The minimum atomic E-state index is 0. The summed E-state index contributed by atoms with van der Waals surface area (Å²) in [7, 11) is 4.20. The second-order valence-corrected chi connectivity index (χ2v) is 8.14. The van der Waals surface area contributed by atoms with Crippen LogP contribution in [0.1, 0.15) is 31.4 Å². The third-order valence-electron chi connectivity index (χ3n) is 5.55. The SMILES string of the molecule is CCNC(=NCC(c1ccc(Cl)cc1)N(C)C)N1CCC2(CCOC2)C1.I. The van der Waals surface area contributed by atoms with Crippen LogP contribution in [0.5, 0.6) is 0 Å². The smallest absolute Gasteiger partial charge is 0.194 e. The van der Waals surface area contributed by atoms with Crippen LogP contribution in [0.3, 0.4) is 0 Å². The molecule has 2 fully saturated rings. The molecule has 3 rings (SSSR count). The van der Waals surface area contributed by atoms with Crippen molar-refractivity contribution in [2.24, 2.45) is 10.4 Å². The van der Waals surface area contributed by atoms with Gasteiger partial charge in [0.05, 0.1) is 19.2 Å². The molecular weight excluding hydrogens is 475 g/mol. The Kier molecular flexibility index (Phi) is 8.65. The van der Waals surface area contributed by atoms with E-state index in [4.69, 9.17) is 21.3 Å². The van der Waals surface area contributed by atoms with E-state index < -0.39 is 0 Å². The predicted octanol–water partition coefficient (Wildman–Crippen LogP) is 3.64. The first-order chi connectivity index (χ1) is 12.5. The maximum absolute atomic E-state index is 6.04. The molecule has 0 aliphatic carbocycles. The molecule has 7 heteroatoms. The lowest BCUT2D eigenvalue weighted by molar-refractivity contribution is 0.156. The predicted molar refractivity (Wildman–Crippen MR) is 123 cm³/mol. The van der Waals surface area contributed by atoms with Crippen molar-refractivity contribution in [3.63, 3.8) is 0 Å². The Morgan fingerprint density at radius 3 is 2.67 bits per heavy atom. The number of benzene rings is 1. The van der Waals surface area contributed by atoms with Gasteiger partial charge in [0.15, 0.2) is 5.96 Å². The lowest BCUT2D eigenvalue weighted by Crippen LogP contribution is -2.42. The van der Waals surface area contributed by atoms with Gasteiger partial charge in [0, 0.05) is 36.7 Å². The quantitative estimate of drug-likeness (QED) is 0.376. The average molecular weight is 507 g/mol. The molecule has 152 valence electrons. The fourth-order valence-electron chi connectivity index (χ4n) is 3.94. The summed E-state index contributed by atoms with van der Waals surface area (Å²) in [5.74, 6) is 1.03. The highest BCUT2D eigenvalue weighted by Crippen LogP contribution is 2.38. The van der Waals surface area contributed by atoms with Gasteiger partial charge in [-0.05, 0) is 51.6 Å². The number of rotatable bonds is 5. The van der Waals surface area contributed by atoms with Crippen LogP contribution in [0.15, 0.2) is 29.3 Å². The summed E-state index contributed by atoms with van der Waals surface area (Å²) < 4.78 is 5.66. The molecule has 2 aliphatic rings. The first-order valence-corrected chi connectivity index (χ1v) is 9.94. The van der Waals surface area contributed by atoms with Crippen LogP contribution >= 0.6 is 35.6 Å². The molecule has 0 amide bonds. The van der Waals surface area contributed by atoms with E-state index in [9.17, 15) is 0 Å². The Balaban J connectivity index is 0.00000261. The Morgan fingerprint density at radius 1 is 1.33 bits per heavy atom. The molecule has 0 saturated carbocycles. The summed E-state index contributed by atoms with van der Waals surface area (Å²) in [5, 5.41) is 4.25. The maximum Gasteiger partial charge on any atom is 0.194 e. The van der Waals surface area contributed by atoms with Gasteiger partial charge in [-0.15, -0.1) is 24.0 Å². The van der Waals surface area contributed by atoms with Crippen molar-refractivity contribution in [3.05, 3.63) is 34.9 Å². The van der Waals surface area contributed by atoms with E-state index in [1.54, 1.807) is 0 Å². The Bertz CT molecular complexity index is 617. The van der Waals surface area contributed by atoms with E-state index in [1.807, 2.05) is 12.1 Å². The topological polar surface area (TPSA) is 40.1 Å². The lowest BCUT2D eigenvalue weighted by Gasteiger charge is -2.27. The molecule has 1 N–H and O–H groups in total. The number of nitrogens with zero attached hydrogens (tertiary/aromatic N) is 3. The highest BCUT2D eigenvalue weighted by Gasteiger charge is 2.42. The molecule has 0 radical (unpaired) electrons. The van der Waals surface area contributed by atoms with Crippen LogP contribution < -0.4 is 5.32 Å². The minimum Gasteiger partial charge on any atom is -0.381 e. The van der Waals surface area contributed by atoms with Crippen LogP contribution in [0.2, 0.25) is 5.02 Å². The van der Waals surface area contributed by atoms with Crippen LogP contribution in [-0.4, -0.2) is 69.2 Å². The van der Waals surface area contributed by atoms with E-state index in [1.165, 1.54) is 18.4 Å². The highest BCUT2D eigenvalue weighted by atomic mass is 127. The van der Waals surface area contributed by atoms with Gasteiger partial charge in [-0.2, -0.15) is 0 Å². The number of likely N-dealkylation sites (N-methyl/N-ethyl adjacent to an activating group) is 1. The van der Waals surface area contributed by atoms with Crippen LogP contribution in [0.25, 0.3) is 0 Å². The van der Waals surface area contributed by atoms with Gasteiger partial charge < -0.3 is 19.9 Å². The van der Waals surface area contributed by atoms with Gasteiger partial charge >= 0.3 is 0 Å². The van der Waals surface area contributed by atoms with Gasteiger partial charge in [-0.25, -0.2) is 0 Å². The molecule has 2 unspecified atom stereocenters. The van der Waals surface area contributed by atoms with E-state index >= 15 is 0 Å². The molecule has 5 nitrogen and oxygen atoms in total. The van der Waals surface area contributed by atoms with Gasteiger partial charge in [0.25, 0.3) is 0 Å². The molecule has 0 aromatic heterocycles. The molecular formula is C20H32ClIN4O. The molecule has 2 aliphatic heterocycles. The summed E-state index contributed by atoms with van der Waals surface area (Å²) in [5.41, 5.74) is 1.58. The van der Waals surface area contributed by atoms with E-state index in [-0.39, 0.29) is 30.0 Å². The standard InChI is InChI=1S/C20H31ClN4O.HI/c1-4-22-19(25-11-9-20(14-25)10-12-26-15-20)23-13-18(24(2)3)16-5-7-17(21)8-6-16;/h5-8,18H,4,9-15H2,1-3H3,(H,22,23);1H. The fraction of sp³-hybridized carbons (Fsp3) is 0.650. The average Bonchev–Trinajstić information content (AvgIpc) is 3.25. The molecule has 0 bridgehead atoms. The molecule has 1 aromatic rings. The summed E-state index contributed by atoms with van der Waals surface area (Å²) in [6.07, 6.45) is 2.37. The van der Waals surface area contributed by atoms with Crippen molar-refractivity contribution in [2.75, 3.05) is 53.5 Å². The van der Waals surface area contributed by atoms with Gasteiger partial charge in [-0.1, -0.05) is 23.7 Å². The Morgan fingerprint density at radius 2 is 2.07 bits per heavy atom. The van der Waals surface area contributed by atoms with Crippen molar-refractivity contribution >= 4 is 41.5 Å². The first kappa shape index (κ1) is 22.7. The zero-order chi connectivity index (χ0) is 18.6. The van der Waals surface area contributed by atoms with Crippen LogP contribution in [0.4, 0.5) is 0 Å². The number of guanidine groups is 1. The highest BCUT2D eigenvalue weighted by molar-refractivity contribution is 14.0. The second kappa shape index (κ2) is 10.3. The molecule has 2 atom stereocenters. The van der Waals surface area contributed by atoms with Crippen molar-refractivity contribution < 1.29 is 4.74 Å². The number of likely N-dealkylation sites (tertiary alicyclic amines) is 1. The Hall–Kier alpha value is -0.570. The van der Waals surface area contributed by atoms with Gasteiger partial charge in [-0.3, -0.25) is 4.99 Å². The number of nitrogens with one attached hydrogen (secondary N) is 1. The van der Waals surface area contributed by atoms with E-state index in [0.29, 0.717) is 5.41 Å². The first-order valence-electron chi connectivity index (χ1n) is 9.56. The van der Waals surface area contributed by atoms with Crippen LogP contribution in [-0.2, 0) is 4.74 Å². The molecule has 27 heavy (non-hydrogen) atoms. The zero-order valence-corrected chi connectivity index (χ0v) is 19.7. The van der Waals surface area contributed by atoms with Crippen molar-refractivity contribution in [3.8, 4) is 0 Å². The summed E-state index contributed by atoms with van der Waals surface area (Å²) in [6.45, 7) is 7.63. The molecule has 1 aromatic carbocycles. The van der Waals surface area contributed by atoms with Crippen LogP contribution in [0, 0.1) is 5.41 Å². The Labute approximate surface area is 185 Å². The zero-order valence-electron chi connectivity index (χ0n) is 16.6. The van der Waals surface area contributed by atoms with Crippen molar-refractivity contribution in [2.45, 2.75) is 25.8 Å². The van der Waals surface area contributed by atoms with E-state index in [0.717, 1.165) is 50.4 Å². The monoisotopic (exact) mass is 506 g/mol. The van der Waals surface area contributed by atoms with Gasteiger partial charge in [0.2, 0.25) is 0 Å². The normalized spacial score (nSPS) is 23.7. The minimum absolute atomic E-state index is 0. The molecule has 2 saturated heterocycles. The second-order valence-electron chi connectivity index (χ2n) is 7.70. The fourth-order valence-corrected chi connectivity index (χ4v) is 4.06. The van der Waals surface area contributed by atoms with Crippen molar-refractivity contribution in [1.29, 1.82) is 0 Å². The third-order valence-corrected chi connectivity index (χ3v) is 5.80.